The van der Waals surface area contributed by atoms with Crippen molar-refractivity contribution in [2.75, 3.05) is 25.1 Å². The van der Waals surface area contributed by atoms with Gasteiger partial charge in [0, 0.05) is 30.1 Å². The van der Waals surface area contributed by atoms with Crippen LogP contribution >= 0.6 is 22.7 Å². The predicted octanol–water partition coefficient (Wildman–Crippen LogP) is 4.94. The molecular weight excluding hydrogens is 460 g/mol. The van der Waals surface area contributed by atoms with E-state index in [9.17, 15) is 9.59 Å². The molecule has 0 unspecified atom stereocenters. The quantitative estimate of drug-likeness (QED) is 0.506. The van der Waals surface area contributed by atoms with Crippen LogP contribution in [0.25, 0.3) is 10.2 Å². The maximum absolute atomic E-state index is 13.6. The molecule has 1 saturated heterocycles. The van der Waals surface area contributed by atoms with Gasteiger partial charge < -0.3 is 14.4 Å². The minimum absolute atomic E-state index is 0.0262. The Morgan fingerprint density at radius 2 is 2.00 bits per heavy atom. The zero-order valence-corrected chi connectivity index (χ0v) is 20.9. The monoisotopic (exact) mass is 488 g/mol. The molecule has 176 valence electrons. The minimum Gasteiger partial charge on any atom is -0.497 e. The molecule has 0 radical (unpaired) electrons. The standard InChI is InChI=1S/C23H28N4O4S2/c1-23(2,3)31-22(29)26-9-7-15(8-10-26)20(28)27(13-17-12-24-14-32-17)21-25-18-6-5-16(30-4)11-19(18)33-21/h5-6,11-12,14-15H,7-10,13H2,1-4H3. The van der Waals surface area contributed by atoms with Crippen LogP contribution in [-0.4, -0.2) is 52.7 Å². The summed E-state index contributed by atoms with van der Waals surface area (Å²) in [4.78, 5) is 39.4. The molecule has 8 nitrogen and oxygen atoms in total. The molecule has 1 aromatic carbocycles. The summed E-state index contributed by atoms with van der Waals surface area (Å²) in [7, 11) is 1.63. The van der Waals surface area contributed by atoms with E-state index >= 15 is 0 Å². The number of anilines is 1. The van der Waals surface area contributed by atoms with Crippen LogP contribution < -0.4 is 9.64 Å². The van der Waals surface area contributed by atoms with Gasteiger partial charge in [-0.25, -0.2) is 9.78 Å². The predicted molar refractivity (Wildman–Crippen MR) is 130 cm³/mol. The van der Waals surface area contributed by atoms with Crippen molar-refractivity contribution in [3.8, 4) is 5.75 Å². The zero-order valence-electron chi connectivity index (χ0n) is 19.2. The summed E-state index contributed by atoms with van der Waals surface area (Å²) >= 11 is 2.99. The first-order chi connectivity index (χ1) is 15.7. The Hall–Kier alpha value is -2.72. The van der Waals surface area contributed by atoms with Gasteiger partial charge in [0.25, 0.3) is 0 Å². The van der Waals surface area contributed by atoms with Gasteiger partial charge in [0.1, 0.15) is 11.4 Å². The summed E-state index contributed by atoms with van der Waals surface area (Å²) in [6.07, 6.45) is 2.65. The lowest BCUT2D eigenvalue weighted by Gasteiger charge is -2.34. The van der Waals surface area contributed by atoms with E-state index in [0.29, 0.717) is 37.6 Å². The molecule has 3 heterocycles. The number of hydrogen-bond donors (Lipinski definition) is 0. The van der Waals surface area contributed by atoms with Crippen LogP contribution in [0.4, 0.5) is 9.93 Å². The highest BCUT2D eigenvalue weighted by molar-refractivity contribution is 7.22. The fraction of sp³-hybridized carbons (Fsp3) is 0.478. The van der Waals surface area contributed by atoms with Crippen molar-refractivity contribution in [1.82, 2.24) is 14.9 Å². The molecule has 0 bridgehead atoms. The molecule has 2 aromatic heterocycles. The van der Waals surface area contributed by atoms with Crippen LogP contribution in [0.15, 0.2) is 29.9 Å². The first-order valence-corrected chi connectivity index (χ1v) is 12.5. The molecule has 2 amide bonds. The third kappa shape index (κ3) is 5.62. The average molecular weight is 489 g/mol. The van der Waals surface area contributed by atoms with Gasteiger partial charge in [-0.05, 0) is 51.8 Å². The van der Waals surface area contributed by atoms with Gasteiger partial charge in [0.15, 0.2) is 5.13 Å². The first-order valence-electron chi connectivity index (χ1n) is 10.8. The minimum atomic E-state index is -0.537. The highest BCUT2D eigenvalue weighted by atomic mass is 32.1. The van der Waals surface area contributed by atoms with Crippen LogP contribution in [0.3, 0.4) is 0 Å². The van der Waals surface area contributed by atoms with E-state index in [4.69, 9.17) is 14.5 Å². The molecule has 0 saturated carbocycles. The molecule has 0 N–H and O–H groups in total. The smallest absolute Gasteiger partial charge is 0.410 e. The van der Waals surface area contributed by atoms with Crippen molar-refractivity contribution in [2.45, 2.75) is 45.8 Å². The average Bonchev–Trinajstić information content (AvgIpc) is 3.44. The molecule has 1 fully saturated rings. The largest absolute Gasteiger partial charge is 0.497 e. The van der Waals surface area contributed by atoms with Gasteiger partial charge in [-0.1, -0.05) is 11.3 Å². The molecule has 10 heteroatoms. The summed E-state index contributed by atoms with van der Waals surface area (Å²) in [5.74, 6) is 0.601. The molecule has 3 aromatic rings. The van der Waals surface area contributed by atoms with Crippen LogP contribution in [0.1, 0.15) is 38.5 Å². The van der Waals surface area contributed by atoms with Crippen molar-refractivity contribution in [2.24, 2.45) is 5.92 Å². The molecule has 33 heavy (non-hydrogen) atoms. The Morgan fingerprint density at radius 1 is 1.24 bits per heavy atom. The van der Waals surface area contributed by atoms with Crippen LogP contribution in [0.5, 0.6) is 5.75 Å². The van der Waals surface area contributed by atoms with Crippen molar-refractivity contribution >= 4 is 50.0 Å². The summed E-state index contributed by atoms with van der Waals surface area (Å²) in [5.41, 5.74) is 2.06. The number of ether oxygens (including phenoxy) is 2. The molecule has 1 aliphatic rings. The topological polar surface area (TPSA) is 84.9 Å². The second-order valence-corrected chi connectivity index (χ2v) is 10.9. The fourth-order valence-corrected chi connectivity index (χ4v) is 5.29. The number of thiazole rings is 2. The van der Waals surface area contributed by atoms with Crippen molar-refractivity contribution in [3.05, 3.63) is 34.8 Å². The second-order valence-electron chi connectivity index (χ2n) is 8.96. The van der Waals surface area contributed by atoms with Gasteiger partial charge in [-0.3, -0.25) is 14.7 Å². The van der Waals surface area contributed by atoms with E-state index in [-0.39, 0.29) is 17.9 Å². The summed E-state index contributed by atoms with van der Waals surface area (Å²) in [5, 5.41) is 0.659. The Bertz CT molecular complexity index is 1120. The van der Waals surface area contributed by atoms with E-state index < -0.39 is 5.60 Å². The van der Waals surface area contributed by atoms with Gasteiger partial charge in [-0.15, -0.1) is 11.3 Å². The maximum atomic E-state index is 13.6. The van der Waals surface area contributed by atoms with Gasteiger partial charge in [-0.2, -0.15) is 0 Å². The Labute approximate surface area is 201 Å². The van der Waals surface area contributed by atoms with Crippen LogP contribution in [-0.2, 0) is 16.1 Å². The van der Waals surface area contributed by atoms with Crippen LogP contribution in [0.2, 0.25) is 0 Å². The van der Waals surface area contributed by atoms with E-state index in [1.165, 1.54) is 22.7 Å². The number of carbonyl (C=O) groups excluding carboxylic acids is 2. The van der Waals surface area contributed by atoms with E-state index in [1.54, 1.807) is 28.6 Å². The second kappa shape index (κ2) is 9.64. The third-order valence-corrected chi connectivity index (χ3v) is 7.18. The van der Waals surface area contributed by atoms with Crippen molar-refractivity contribution in [3.63, 3.8) is 0 Å². The van der Waals surface area contributed by atoms with E-state index in [2.05, 4.69) is 4.98 Å². The number of methoxy groups -OCH3 is 1. The third-order valence-electron chi connectivity index (χ3n) is 5.37. The molecule has 4 rings (SSSR count). The van der Waals surface area contributed by atoms with Crippen molar-refractivity contribution < 1.29 is 19.1 Å². The van der Waals surface area contributed by atoms with E-state index in [0.717, 1.165) is 20.8 Å². The normalized spacial score (nSPS) is 15.0. The lowest BCUT2D eigenvalue weighted by molar-refractivity contribution is -0.124. The number of aromatic nitrogens is 2. The lowest BCUT2D eigenvalue weighted by atomic mass is 9.95. The van der Waals surface area contributed by atoms with Gasteiger partial charge >= 0.3 is 6.09 Å². The Balaban J connectivity index is 1.52. The fourth-order valence-electron chi connectivity index (χ4n) is 3.71. The molecular formula is C23H28N4O4S2. The van der Waals surface area contributed by atoms with Gasteiger partial charge in [0.2, 0.25) is 5.91 Å². The number of rotatable bonds is 5. The molecule has 0 spiro atoms. The number of piperidine rings is 1. The summed E-state index contributed by atoms with van der Waals surface area (Å²) < 4.78 is 11.8. The summed E-state index contributed by atoms with van der Waals surface area (Å²) in [6.45, 7) is 6.98. The number of fused-ring (bicyclic) bond motifs is 1. The lowest BCUT2D eigenvalue weighted by Crippen LogP contribution is -2.45. The van der Waals surface area contributed by atoms with Crippen molar-refractivity contribution in [1.29, 1.82) is 0 Å². The number of amides is 2. The SMILES string of the molecule is COc1ccc2nc(N(Cc3cncs3)C(=O)C3CCN(C(=O)OC(C)(C)C)CC3)sc2c1. The number of nitrogens with zero attached hydrogens (tertiary/aromatic N) is 4. The molecule has 1 aliphatic heterocycles. The first kappa shape index (κ1) is 23.4. The zero-order chi connectivity index (χ0) is 23.6. The highest BCUT2D eigenvalue weighted by Crippen LogP contribution is 2.34. The highest BCUT2D eigenvalue weighted by Gasteiger charge is 2.33. The van der Waals surface area contributed by atoms with Gasteiger partial charge in [0.05, 0.1) is 29.4 Å². The number of hydrogen-bond acceptors (Lipinski definition) is 8. The van der Waals surface area contributed by atoms with E-state index in [1.807, 2.05) is 39.0 Å². The number of likely N-dealkylation sites (tertiary alicyclic amines) is 1. The number of carbonyl (C=O) groups is 2. The Morgan fingerprint density at radius 3 is 2.64 bits per heavy atom. The Kier molecular flexibility index (Phi) is 6.85. The molecule has 0 aliphatic carbocycles. The van der Waals surface area contributed by atoms with Crippen LogP contribution in [0, 0.1) is 5.92 Å². The molecule has 0 atom stereocenters. The number of benzene rings is 1. The maximum Gasteiger partial charge on any atom is 0.410 e. The summed E-state index contributed by atoms with van der Waals surface area (Å²) in [6, 6.07) is 5.71.